The molecule has 0 aliphatic carbocycles. The molecular formula is C11H10BrN3O2. The Hall–Kier alpha value is -1.82. The number of furan rings is 1. The Morgan fingerprint density at radius 2 is 2.24 bits per heavy atom. The Kier molecular flexibility index (Phi) is 3.14. The molecule has 1 aromatic carbocycles. The molecule has 0 radical (unpaired) electrons. The van der Waals surface area contributed by atoms with Crippen LogP contribution in [0.2, 0.25) is 0 Å². The number of hydrogen-bond acceptors (Lipinski definition) is 3. The highest BCUT2D eigenvalue weighted by Gasteiger charge is 2.07. The van der Waals surface area contributed by atoms with E-state index in [-0.39, 0.29) is 0 Å². The van der Waals surface area contributed by atoms with E-state index in [1.54, 1.807) is 6.92 Å². The fourth-order valence-corrected chi connectivity index (χ4v) is 1.77. The van der Waals surface area contributed by atoms with E-state index in [1.165, 1.54) is 0 Å². The molecule has 0 aliphatic rings. The van der Waals surface area contributed by atoms with Crippen LogP contribution in [0.5, 0.6) is 0 Å². The van der Waals surface area contributed by atoms with Crippen LogP contribution in [0.25, 0.3) is 11.0 Å². The molecule has 3 N–H and O–H groups in total. The van der Waals surface area contributed by atoms with Gasteiger partial charge in [-0.15, -0.1) is 0 Å². The average Bonchev–Trinajstić information content (AvgIpc) is 2.68. The number of carbonyl (C=O) groups is 1. The molecule has 1 heterocycles. The molecule has 6 heteroatoms. The van der Waals surface area contributed by atoms with Crippen LogP contribution in [0.3, 0.4) is 0 Å². The summed E-state index contributed by atoms with van der Waals surface area (Å²) in [6, 6.07) is 6.84. The largest absolute Gasteiger partial charge is 0.455 e. The molecule has 5 nitrogen and oxygen atoms in total. The number of urea groups is 1. The lowest BCUT2D eigenvalue weighted by Gasteiger charge is -1.95. The standard InChI is InChI=1S/C11H10BrN3O2/c1-6(14-15-11(13)16)10-5-7-4-8(12)2-3-9(7)17-10/h2-5H,1H3,(H3,13,15,16)/b14-6-. The van der Waals surface area contributed by atoms with Gasteiger partial charge in [0.15, 0.2) is 5.76 Å². The van der Waals surface area contributed by atoms with Gasteiger partial charge in [-0.25, -0.2) is 10.2 Å². The van der Waals surface area contributed by atoms with Crippen molar-refractivity contribution in [2.24, 2.45) is 10.8 Å². The van der Waals surface area contributed by atoms with Gasteiger partial charge in [-0.3, -0.25) is 0 Å². The lowest BCUT2D eigenvalue weighted by Crippen LogP contribution is -2.25. The number of primary amides is 1. The molecule has 0 bridgehead atoms. The summed E-state index contributed by atoms with van der Waals surface area (Å²) in [6.07, 6.45) is 0. The minimum atomic E-state index is -0.705. The van der Waals surface area contributed by atoms with Gasteiger partial charge in [0.05, 0.1) is 0 Å². The van der Waals surface area contributed by atoms with Gasteiger partial charge >= 0.3 is 6.03 Å². The van der Waals surface area contributed by atoms with Gasteiger partial charge < -0.3 is 10.2 Å². The predicted octanol–water partition coefficient (Wildman–Crippen LogP) is 2.59. The Morgan fingerprint density at radius 3 is 2.94 bits per heavy atom. The number of nitrogens with one attached hydrogen (secondary N) is 1. The van der Waals surface area contributed by atoms with Crippen LogP contribution in [-0.4, -0.2) is 11.7 Å². The number of halogens is 1. The average molecular weight is 296 g/mol. The van der Waals surface area contributed by atoms with Gasteiger partial charge in [0.25, 0.3) is 0 Å². The fourth-order valence-electron chi connectivity index (χ4n) is 1.39. The first-order valence-electron chi connectivity index (χ1n) is 4.85. The second kappa shape index (κ2) is 4.58. The van der Waals surface area contributed by atoms with E-state index < -0.39 is 6.03 Å². The highest BCUT2D eigenvalue weighted by molar-refractivity contribution is 9.10. The predicted molar refractivity (Wildman–Crippen MR) is 68.8 cm³/mol. The first-order valence-corrected chi connectivity index (χ1v) is 5.65. The van der Waals surface area contributed by atoms with Crippen molar-refractivity contribution in [2.75, 3.05) is 0 Å². The van der Waals surface area contributed by atoms with E-state index in [0.717, 1.165) is 15.4 Å². The maximum atomic E-state index is 10.5. The Balaban J connectivity index is 2.36. The van der Waals surface area contributed by atoms with Crippen molar-refractivity contribution in [3.8, 4) is 0 Å². The van der Waals surface area contributed by atoms with Crippen LogP contribution in [0.4, 0.5) is 4.79 Å². The normalized spacial score (nSPS) is 11.8. The summed E-state index contributed by atoms with van der Waals surface area (Å²) in [6.45, 7) is 1.72. The monoisotopic (exact) mass is 295 g/mol. The molecule has 0 spiro atoms. The Morgan fingerprint density at radius 1 is 1.47 bits per heavy atom. The van der Waals surface area contributed by atoms with Crippen molar-refractivity contribution in [1.82, 2.24) is 5.43 Å². The molecule has 0 saturated heterocycles. The maximum absolute atomic E-state index is 10.5. The molecule has 0 saturated carbocycles. The molecule has 17 heavy (non-hydrogen) atoms. The highest BCUT2D eigenvalue weighted by Crippen LogP contribution is 2.23. The number of fused-ring (bicyclic) bond motifs is 1. The summed E-state index contributed by atoms with van der Waals surface area (Å²) in [5.74, 6) is 0.590. The van der Waals surface area contributed by atoms with Gasteiger partial charge in [0.2, 0.25) is 0 Å². The number of hydrogen-bond donors (Lipinski definition) is 2. The number of carbonyl (C=O) groups excluding carboxylic acids is 1. The second-order valence-corrected chi connectivity index (χ2v) is 4.38. The molecule has 2 aromatic rings. The van der Waals surface area contributed by atoms with Crippen LogP contribution in [0, 0.1) is 0 Å². The zero-order valence-corrected chi connectivity index (χ0v) is 10.6. The van der Waals surface area contributed by atoms with E-state index in [9.17, 15) is 4.79 Å². The van der Waals surface area contributed by atoms with E-state index in [0.29, 0.717) is 11.5 Å². The first-order chi connectivity index (χ1) is 8.06. The Bertz CT molecular complexity index is 604. The van der Waals surface area contributed by atoms with Gasteiger partial charge in [0.1, 0.15) is 11.3 Å². The Labute approximate surface area is 106 Å². The van der Waals surface area contributed by atoms with Gasteiger partial charge in [-0.05, 0) is 31.2 Å². The van der Waals surface area contributed by atoms with Gasteiger partial charge in [0, 0.05) is 9.86 Å². The third-order valence-electron chi connectivity index (χ3n) is 2.17. The molecule has 88 valence electrons. The molecule has 0 unspecified atom stereocenters. The third-order valence-corrected chi connectivity index (χ3v) is 2.66. The molecule has 0 fully saturated rings. The second-order valence-electron chi connectivity index (χ2n) is 3.47. The molecular weight excluding hydrogens is 286 g/mol. The number of nitrogens with two attached hydrogens (primary N) is 1. The minimum absolute atomic E-state index is 0.552. The SMILES string of the molecule is C/C(=N/NC(N)=O)c1cc2cc(Br)ccc2o1. The molecule has 2 amide bonds. The van der Waals surface area contributed by atoms with E-state index in [4.69, 9.17) is 10.2 Å². The molecule has 0 atom stereocenters. The molecule has 2 rings (SSSR count). The number of hydrazone groups is 1. The maximum Gasteiger partial charge on any atom is 0.332 e. The number of amides is 2. The van der Waals surface area contributed by atoms with E-state index in [1.807, 2.05) is 24.3 Å². The van der Waals surface area contributed by atoms with Gasteiger partial charge in [-0.1, -0.05) is 15.9 Å². The fraction of sp³-hybridized carbons (Fsp3) is 0.0909. The van der Waals surface area contributed by atoms with E-state index in [2.05, 4.69) is 26.5 Å². The lowest BCUT2D eigenvalue weighted by atomic mass is 10.2. The van der Waals surface area contributed by atoms with E-state index >= 15 is 0 Å². The number of rotatable bonds is 2. The van der Waals surface area contributed by atoms with Crippen LogP contribution >= 0.6 is 15.9 Å². The topological polar surface area (TPSA) is 80.6 Å². The zero-order chi connectivity index (χ0) is 12.4. The summed E-state index contributed by atoms with van der Waals surface area (Å²) in [5, 5.41) is 4.76. The van der Waals surface area contributed by atoms with Crippen molar-refractivity contribution in [2.45, 2.75) is 6.92 Å². The van der Waals surface area contributed by atoms with Crippen molar-refractivity contribution in [1.29, 1.82) is 0 Å². The summed E-state index contributed by atoms with van der Waals surface area (Å²) in [4.78, 5) is 10.5. The minimum Gasteiger partial charge on any atom is -0.455 e. The van der Waals surface area contributed by atoms with Crippen LogP contribution < -0.4 is 11.2 Å². The van der Waals surface area contributed by atoms with Crippen LogP contribution in [0.15, 0.2) is 38.3 Å². The smallest absolute Gasteiger partial charge is 0.332 e. The van der Waals surface area contributed by atoms with Crippen molar-refractivity contribution >= 4 is 38.6 Å². The summed E-state index contributed by atoms with van der Waals surface area (Å²) >= 11 is 3.38. The summed E-state index contributed by atoms with van der Waals surface area (Å²) in [5.41, 5.74) is 8.39. The molecule has 1 aromatic heterocycles. The number of nitrogens with zero attached hydrogens (tertiary/aromatic N) is 1. The third kappa shape index (κ3) is 2.65. The van der Waals surface area contributed by atoms with Crippen molar-refractivity contribution < 1.29 is 9.21 Å². The quantitative estimate of drug-likeness (QED) is 0.659. The number of benzene rings is 1. The van der Waals surface area contributed by atoms with Crippen molar-refractivity contribution in [3.63, 3.8) is 0 Å². The highest BCUT2D eigenvalue weighted by atomic mass is 79.9. The van der Waals surface area contributed by atoms with Crippen LogP contribution in [-0.2, 0) is 0 Å². The van der Waals surface area contributed by atoms with Crippen LogP contribution in [0.1, 0.15) is 12.7 Å². The van der Waals surface area contributed by atoms with Crippen molar-refractivity contribution in [3.05, 3.63) is 34.5 Å². The molecule has 0 aliphatic heterocycles. The summed E-state index contributed by atoms with van der Waals surface area (Å²) < 4.78 is 6.55. The summed E-state index contributed by atoms with van der Waals surface area (Å²) in [7, 11) is 0. The van der Waals surface area contributed by atoms with Gasteiger partial charge in [-0.2, -0.15) is 5.10 Å². The zero-order valence-electron chi connectivity index (χ0n) is 9.03. The lowest BCUT2D eigenvalue weighted by molar-refractivity contribution is 0.249. The first kappa shape index (κ1) is 11.7.